The summed E-state index contributed by atoms with van der Waals surface area (Å²) in [5, 5.41) is 2.40. The van der Waals surface area contributed by atoms with E-state index in [1.54, 1.807) is 6.92 Å². The number of allylic oxidation sites excluding steroid dienone is 1. The Labute approximate surface area is 35.8 Å². The normalized spacial score (nSPS) is 11.2. The van der Waals surface area contributed by atoms with E-state index >= 15 is 0 Å². The van der Waals surface area contributed by atoms with Crippen LogP contribution in [0.2, 0.25) is 0 Å². The second-order valence-corrected chi connectivity index (χ2v) is 0.805. The molecule has 3 heteroatoms. The zero-order valence-corrected chi connectivity index (χ0v) is 3.51. The summed E-state index contributed by atoms with van der Waals surface area (Å²) < 4.78 is 0. The summed E-state index contributed by atoms with van der Waals surface area (Å²) in [6.45, 7) is 1.65. The van der Waals surface area contributed by atoms with Crippen molar-refractivity contribution < 1.29 is 0 Å². The van der Waals surface area contributed by atoms with Crippen molar-refractivity contribution in [2.75, 3.05) is 0 Å². The number of hydrogen-bond acceptors (Lipinski definition) is 3. The molecule has 0 rings (SSSR count). The molecular weight excluding hydrogens is 80.0 g/mol. The number of nitroso groups, excluding NO2 is 1. The molecule has 0 unspecified atom stereocenters. The van der Waals surface area contributed by atoms with Crippen molar-refractivity contribution in [3.05, 3.63) is 16.8 Å². The average molecular weight is 86.1 g/mol. The van der Waals surface area contributed by atoms with Crippen LogP contribution in [0.1, 0.15) is 6.92 Å². The van der Waals surface area contributed by atoms with Gasteiger partial charge in [0, 0.05) is 0 Å². The monoisotopic (exact) mass is 86.0 g/mol. The van der Waals surface area contributed by atoms with Crippen LogP contribution in [0.3, 0.4) is 0 Å². The molecule has 0 aromatic heterocycles. The predicted octanol–water partition coefficient (Wildman–Crippen LogP) is 0.573. The third kappa shape index (κ3) is 1.46. The molecule has 0 atom stereocenters. The molecule has 0 aromatic rings. The van der Waals surface area contributed by atoms with E-state index in [1.165, 1.54) is 6.08 Å². The lowest BCUT2D eigenvalue weighted by molar-refractivity contribution is 1.21. The van der Waals surface area contributed by atoms with E-state index in [1.807, 2.05) is 0 Å². The molecule has 6 heavy (non-hydrogen) atoms. The third-order valence-corrected chi connectivity index (χ3v) is 0.401. The summed E-state index contributed by atoms with van der Waals surface area (Å²) in [4.78, 5) is 9.29. The van der Waals surface area contributed by atoms with Crippen molar-refractivity contribution in [1.29, 1.82) is 0 Å². The SMILES string of the molecule is C/C=C(\N)N=O. The van der Waals surface area contributed by atoms with Crippen LogP contribution >= 0.6 is 0 Å². The van der Waals surface area contributed by atoms with E-state index in [-0.39, 0.29) is 5.82 Å². The Morgan fingerprint density at radius 1 is 2.00 bits per heavy atom. The molecule has 3 nitrogen and oxygen atoms in total. The Balaban J connectivity index is 3.50. The lowest BCUT2D eigenvalue weighted by Gasteiger charge is -1.74. The zero-order chi connectivity index (χ0) is 4.99. The molecule has 0 aromatic carbocycles. The van der Waals surface area contributed by atoms with Gasteiger partial charge in [0.1, 0.15) is 0 Å². The van der Waals surface area contributed by atoms with Crippen LogP contribution in [0, 0.1) is 4.91 Å². The molecule has 0 saturated heterocycles. The maximum Gasteiger partial charge on any atom is 0.163 e. The van der Waals surface area contributed by atoms with Crippen LogP contribution in [0.5, 0.6) is 0 Å². The summed E-state index contributed by atoms with van der Waals surface area (Å²) in [5.74, 6) is 0.0370. The molecule has 0 bridgehead atoms. The van der Waals surface area contributed by atoms with E-state index in [0.29, 0.717) is 0 Å². The highest BCUT2D eigenvalue weighted by molar-refractivity contribution is 4.89. The Kier molecular flexibility index (Phi) is 2.04. The summed E-state index contributed by atoms with van der Waals surface area (Å²) in [6, 6.07) is 0. The first kappa shape index (κ1) is 5.14. The molecule has 0 heterocycles. The Bertz CT molecular complexity index is 76.9. The van der Waals surface area contributed by atoms with Crippen molar-refractivity contribution >= 4 is 0 Å². The van der Waals surface area contributed by atoms with Crippen LogP contribution < -0.4 is 5.73 Å². The van der Waals surface area contributed by atoms with Gasteiger partial charge in [0.2, 0.25) is 0 Å². The van der Waals surface area contributed by atoms with E-state index in [4.69, 9.17) is 5.73 Å². The first-order valence-corrected chi connectivity index (χ1v) is 1.56. The fourth-order valence-corrected chi connectivity index (χ4v) is 0.0527. The molecule has 0 aliphatic heterocycles. The van der Waals surface area contributed by atoms with E-state index in [0.717, 1.165) is 0 Å². The number of nitrogens with zero attached hydrogens (tertiary/aromatic N) is 1. The largest absolute Gasteiger partial charge is 0.381 e. The summed E-state index contributed by atoms with van der Waals surface area (Å²) in [6.07, 6.45) is 1.44. The molecule has 0 saturated carbocycles. The van der Waals surface area contributed by atoms with Crippen molar-refractivity contribution in [2.24, 2.45) is 10.9 Å². The molecule has 0 amide bonds. The maximum absolute atomic E-state index is 9.29. The summed E-state index contributed by atoms with van der Waals surface area (Å²) in [5.41, 5.74) is 4.85. The fourth-order valence-electron chi connectivity index (χ4n) is 0.0527. The maximum atomic E-state index is 9.29. The second-order valence-electron chi connectivity index (χ2n) is 0.805. The van der Waals surface area contributed by atoms with Crippen molar-refractivity contribution in [3.8, 4) is 0 Å². The highest BCUT2D eigenvalue weighted by atomic mass is 16.3. The predicted molar refractivity (Wildman–Crippen MR) is 23.7 cm³/mol. The summed E-state index contributed by atoms with van der Waals surface area (Å²) >= 11 is 0. The highest BCUT2D eigenvalue weighted by Gasteiger charge is 1.73. The number of hydrogen-bond donors (Lipinski definition) is 1. The standard InChI is InChI=1S/C3H6N2O/c1-2-3(4)5-6/h2H,4H2,1H3/b3-2+. The fraction of sp³-hybridized carbons (Fsp3) is 0.333. The summed E-state index contributed by atoms with van der Waals surface area (Å²) in [7, 11) is 0. The van der Waals surface area contributed by atoms with E-state index in [2.05, 4.69) is 5.18 Å². The van der Waals surface area contributed by atoms with Gasteiger partial charge in [-0.15, -0.1) is 4.91 Å². The van der Waals surface area contributed by atoms with Gasteiger partial charge < -0.3 is 5.73 Å². The molecule has 0 spiro atoms. The average Bonchev–Trinajstić information content (AvgIpc) is 1.65. The van der Waals surface area contributed by atoms with Crippen molar-refractivity contribution in [1.82, 2.24) is 0 Å². The lowest BCUT2D eigenvalue weighted by atomic mass is 10.6. The topological polar surface area (TPSA) is 55.4 Å². The number of nitrogens with two attached hydrogens (primary N) is 1. The first-order valence-electron chi connectivity index (χ1n) is 1.56. The van der Waals surface area contributed by atoms with Gasteiger partial charge in [-0.3, -0.25) is 0 Å². The third-order valence-electron chi connectivity index (χ3n) is 0.401. The molecule has 0 radical (unpaired) electrons. The van der Waals surface area contributed by atoms with Gasteiger partial charge in [-0.2, -0.15) is 0 Å². The molecule has 0 aliphatic carbocycles. The van der Waals surface area contributed by atoms with Gasteiger partial charge >= 0.3 is 0 Å². The van der Waals surface area contributed by atoms with Gasteiger partial charge in [0.25, 0.3) is 0 Å². The molecule has 2 N–H and O–H groups in total. The van der Waals surface area contributed by atoms with Gasteiger partial charge in [-0.05, 0) is 18.2 Å². The lowest BCUT2D eigenvalue weighted by Crippen LogP contribution is -1.88. The van der Waals surface area contributed by atoms with E-state index in [9.17, 15) is 4.91 Å². The second kappa shape index (κ2) is 2.38. The van der Waals surface area contributed by atoms with Gasteiger partial charge in [-0.1, -0.05) is 0 Å². The van der Waals surface area contributed by atoms with Crippen molar-refractivity contribution in [3.63, 3.8) is 0 Å². The van der Waals surface area contributed by atoms with Crippen LogP contribution in [0.4, 0.5) is 0 Å². The molecular formula is C3H6N2O. The quantitative estimate of drug-likeness (QED) is 0.474. The van der Waals surface area contributed by atoms with Crippen molar-refractivity contribution in [2.45, 2.75) is 6.92 Å². The first-order chi connectivity index (χ1) is 2.81. The minimum atomic E-state index is 0.0370. The van der Waals surface area contributed by atoms with Gasteiger partial charge in [0.05, 0.1) is 0 Å². The Hall–Kier alpha value is -0.860. The molecule has 34 valence electrons. The minimum Gasteiger partial charge on any atom is -0.381 e. The van der Waals surface area contributed by atoms with E-state index < -0.39 is 0 Å². The van der Waals surface area contributed by atoms with Crippen LogP contribution in [-0.2, 0) is 0 Å². The zero-order valence-electron chi connectivity index (χ0n) is 3.51. The van der Waals surface area contributed by atoms with Crippen LogP contribution in [0.25, 0.3) is 0 Å². The van der Waals surface area contributed by atoms with Crippen LogP contribution in [-0.4, -0.2) is 0 Å². The number of rotatable bonds is 1. The van der Waals surface area contributed by atoms with Gasteiger partial charge in [-0.25, -0.2) is 0 Å². The highest BCUT2D eigenvalue weighted by Crippen LogP contribution is 1.78. The smallest absolute Gasteiger partial charge is 0.163 e. The van der Waals surface area contributed by atoms with Crippen LogP contribution in [0.15, 0.2) is 17.1 Å². The Morgan fingerprint density at radius 3 is 2.50 bits per heavy atom. The molecule has 0 fully saturated rings. The molecule has 0 aliphatic rings. The Morgan fingerprint density at radius 2 is 2.50 bits per heavy atom. The van der Waals surface area contributed by atoms with Gasteiger partial charge in [0.15, 0.2) is 5.82 Å². The minimum absolute atomic E-state index is 0.0370.